The summed E-state index contributed by atoms with van der Waals surface area (Å²) >= 11 is 0. The van der Waals surface area contributed by atoms with E-state index in [9.17, 15) is 9.18 Å². The molecule has 24 heavy (non-hydrogen) atoms. The summed E-state index contributed by atoms with van der Waals surface area (Å²) in [5.74, 6) is 0.549. The fraction of sp³-hybridized carbons (Fsp3) is 0.611. The van der Waals surface area contributed by atoms with E-state index in [2.05, 4.69) is 10.6 Å². The predicted octanol–water partition coefficient (Wildman–Crippen LogP) is 2.63. The number of carbonyl (C=O) groups excluding carboxylic acids is 1. The third kappa shape index (κ3) is 4.60. The maximum Gasteiger partial charge on any atom is 0.315 e. The number of ether oxygens (including phenoxy) is 2. The number of hydrogen-bond donors (Lipinski definition) is 2. The molecule has 2 unspecified atom stereocenters. The van der Waals surface area contributed by atoms with Gasteiger partial charge in [-0.15, -0.1) is 0 Å². The van der Waals surface area contributed by atoms with Gasteiger partial charge in [-0.25, -0.2) is 9.18 Å². The first kappa shape index (κ1) is 17.0. The van der Waals surface area contributed by atoms with Crippen molar-refractivity contribution in [2.24, 2.45) is 5.92 Å². The average molecular weight is 336 g/mol. The number of methoxy groups -OCH3 is 1. The van der Waals surface area contributed by atoms with Gasteiger partial charge in [0.25, 0.3) is 0 Å². The van der Waals surface area contributed by atoms with E-state index in [-0.39, 0.29) is 23.6 Å². The molecular weight excluding hydrogens is 311 g/mol. The predicted molar refractivity (Wildman–Crippen MR) is 88.7 cm³/mol. The zero-order valence-electron chi connectivity index (χ0n) is 14.0. The lowest BCUT2D eigenvalue weighted by Gasteiger charge is -2.30. The highest BCUT2D eigenvalue weighted by molar-refractivity contribution is 5.74. The molecule has 1 aliphatic heterocycles. The Hall–Kier alpha value is -1.82. The van der Waals surface area contributed by atoms with Gasteiger partial charge in [-0.3, -0.25) is 0 Å². The first-order valence-electron chi connectivity index (χ1n) is 8.64. The molecule has 1 aromatic carbocycles. The van der Waals surface area contributed by atoms with Crippen LogP contribution >= 0.6 is 0 Å². The van der Waals surface area contributed by atoms with Crippen LogP contribution in [-0.4, -0.2) is 38.4 Å². The van der Waals surface area contributed by atoms with Crippen LogP contribution in [0.3, 0.4) is 0 Å². The van der Waals surface area contributed by atoms with Crippen molar-refractivity contribution < 1.29 is 18.7 Å². The number of nitrogens with one attached hydrogen (secondary N) is 2. The second-order valence-electron chi connectivity index (χ2n) is 6.59. The number of urea groups is 1. The Morgan fingerprint density at radius 2 is 2.21 bits per heavy atom. The number of hydrogen-bond acceptors (Lipinski definition) is 3. The number of benzene rings is 1. The maximum atomic E-state index is 13.4. The SMILES string of the molecule is COc1cc(CCNC(=O)NC2CCOC(C3CC3)C2)ccc1F. The summed E-state index contributed by atoms with van der Waals surface area (Å²) in [5.41, 5.74) is 0.924. The molecule has 1 aliphatic carbocycles. The van der Waals surface area contributed by atoms with Gasteiger partial charge in [0.05, 0.1) is 13.2 Å². The molecule has 0 bridgehead atoms. The van der Waals surface area contributed by atoms with Crippen molar-refractivity contribution in [3.63, 3.8) is 0 Å². The molecule has 5 nitrogen and oxygen atoms in total. The highest BCUT2D eigenvalue weighted by atomic mass is 19.1. The number of carbonyl (C=O) groups is 1. The lowest BCUT2D eigenvalue weighted by molar-refractivity contribution is -0.00913. The second kappa shape index (κ2) is 7.83. The molecule has 132 valence electrons. The minimum Gasteiger partial charge on any atom is -0.494 e. The Morgan fingerprint density at radius 3 is 2.96 bits per heavy atom. The highest BCUT2D eigenvalue weighted by Gasteiger charge is 2.36. The van der Waals surface area contributed by atoms with Crippen LogP contribution in [0.5, 0.6) is 5.75 Å². The second-order valence-corrected chi connectivity index (χ2v) is 6.59. The summed E-state index contributed by atoms with van der Waals surface area (Å²) in [6.45, 7) is 1.22. The molecule has 1 heterocycles. The topological polar surface area (TPSA) is 59.6 Å². The van der Waals surface area contributed by atoms with Gasteiger partial charge in [0, 0.05) is 19.2 Å². The molecule has 1 saturated carbocycles. The first-order chi connectivity index (χ1) is 11.7. The van der Waals surface area contributed by atoms with Crippen LogP contribution in [-0.2, 0) is 11.2 Å². The van der Waals surface area contributed by atoms with Crippen molar-refractivity contribution in [1.29, 1.82) is 0 Å². The minimum absolute atomic E-state index is 0.148. The largest absolute Gasteiger partial charge is 0.494 e. The van der Waals surface area contributed by atoms with Gasteiger partial charge < -0.3 is 20.1 Å². The van der Waals surface area contributed by atoms with E-state index in [4.69, 9.17) is 9.47 Å². The highest BCUT2D eigenvalue weighted by Crippen LogP contribution is 2.38. The smallest absolute Gasteiger partial charge is 0.315 e. The molecule has 0 aromatic heterocycles. The van der Waals surface area contributed by atoms with E-state index in [0.29, 0.717) is 25.0 Å². The van der Waals surface area contributed by atoms with Crippen molar-refractivity contribution >= 4 is 6.03 Å². The summed E-state index contributed by atoms with van der Waals surface area (Å²) in [5, 5.41) is 5.90. The third-order valence-electron chi connectivity index (χ3n) is 4.71. The van der Waals surface area contributed by atoms with E-state index < -0.39 is 0 Å². The molecule has 6 heteroatoms. The van der Waals surface area contributed by atoms with Gasteiger partial charge in [0.1, 0.15) is 0 Å². The number of rotatable bonds is 6. The fourth-order valence-corrected chi connectivity index (χ4v) is 3.17. The quantitative estimate of drug-likeness (QED) is 0.839. The van der Waals surface area contributed by atoms with Crippen LogP contribution < -0.4 is 15.4 Å². The van der Waals surface area contributed by atoms with Crippen molar-refractivity contribution in [1.82, 2.24) is 10.6 Å². The first-order valence-corrected chi connectivity index (χ1v) is 8.64. The summed E-state index contributed by atoms with van der Waals surface area (Å²) in [6.07, 6.45) is 5.23. The van der Waals surface area contributed by atoms with Gasteiger partial charge in [-0.1, -0.05) is 6.07 Å². The summed E-state index contributed by atoms with van der Waals surface area (Å²) in [4.78, 5) is 12.0. The lowest BCUT2D eigenvalue weighted by atomic mass is 10.0. The van der Waals surface area contributed by atoms with Crippen LogP contribution in [0.15, 0.2) is 18.2 Å². The molecular formula is C18H25FN2O3. The standard InChI is InChI=1S/C18H25FN2O3/c1-23-17-10-12(2-5-15(17)19)6-8-20-18(22)21-14-7-9-24-16(11-14)13-3-4-13/h2,5,10,13-14,16H,3-4,6-9,11H2,1H3,(H2,20,21,22). The zero-order valence-corrected chi connectivity index (χ0v) is 14.0. The Morgan fingerprint density at radius 1 is 1.38 bits per heavy atom. The molecule has 2 atom stereocenters. The zero-order chi connectivity index (χ0) is 16.9. The van der Waals surface area contributed by atoms with Gasteiger partial charge in [0.15, 0.2) is 11.6 Å². The number of amides is 2. The molecule has 0 radical (unpaired) electrons. The van der Waals surface area contributed by atoms with Crippen LogP contribution in [0.2, 0.25) is 0 Å². The average Bonchev–Trinajstić information content (AvgIpc) is 3.41. The fourth-order valence-electron chi connectivity index (χ4n) is 3.17. The Bertz CT molecular complexity index is 577. The normalized spacial score (nSPS) is 23.6. The van der Waals surface area contributed by atoms with Crippen molar-refractivity contribution in [3.05, 3.63) is 29.6 Å². The van der Waals surface area contributed by atoms with Crippen LogP contribution in [0, 0.1) is 11.7 Å². The molecule has 0 spiro atoms. The van der Waals surface area contributed by atoms with E-state index in [1.54, 1.807) is 12.1 Å². The Balaban J connectivity index is 1.39. The van der Waals surface area contributed by atoms with Gasteiger partial charge >= 0.3 is 6.03 Å². The van der Waals surface area contributed by atoms with Gasteiger partial charge in [0.2, 0.25) is 0 Å². The monoisotopic (exact) mass is 336 g/mol. The molecule has 1 aromatic rings. The number of halogens is 1. The molecule has 2 amide bonds. The summed E-state index contributed by atoms with van der Waals surface area (Å²) in [6, 6.07) is 4.79. The van der Waals surface area contributed by atoms with Gasteiger partial charge in [-0.05, 0) is 55.7 Å². The van der Waals surface area contributed by atoms with E-state index in [1.807, 2.05) is 0 Å². The van der Waals surface area contributed by atoms with Crippen molar-refractivity contribution in [2.45, 2.75) is 44.2 Å². The van der Waals surface area contributed by atoms with Crippen molar-refractivity contribution in [2.75, 3.05) is 20.3 Å². The summed E-state index contributed by atoms with van der Waals surface area (Å²) < 4.78 is 24.1. The van der Waals surface area contributed by atoms with Crippen molar-refractivity contribution in [3.8, 4) is 5.75 Å². The van der Waals surface area contributed by atoms with Crippen LogP contribution in [0.25, 0.3) is 0 Å². The summed E-state index contributed by atoms with van der Waals surface area (Å²) in [7, 11) is 1.44. The molecule has 2 aliphatic rings. The van der Waals surface area contributed by atoms with E-state index in [0.717, 1.165) is 25.0 Å². The lowest BCUT2D eigenvalue weighted by Crippen LogP contribution is -2.47. The molecule has 2 fully saturated rings. The Kier molecular flexibility index (Phi) is 5.56. The van der Waals surface area contributed by atoms with E-state index >= 15 is 0 Å². The molecule has 2 N–H and O–H groups in total. The minimum atomic E-state index is -0.378. The van der Waals surface area contributed by atoms with Gasteiger partial charge in [-0.2, -0.15) is 0 Å². The van der Waals surface area contributed by atoms with E-state index in [1.165, 1.54) is 26.0 Å². The molecule has 1 saturated heterocycles. The van der Waals surface area contributed by atoms with Crippen LogP contribution in [0.1, 0.15) is 31.2 Å². The molecule has 3 rings (SSSR count). The van der Waals surface area contributed by atoms with Crippen LogP contribution in [0.4, 0.5) is 9.18 Å². The maximum absolute atomic E-state index is 13.4. The Labute approximate surface area is 141 Å². The third-order valence-corrected chi connectivity index (χ3v) is 4.71.